The summed E-state index contributed by atoms with van der Waals surface area (Å²) < 4.78 is 0. The van der Waals surface area contributed by atoms with E-state index in [1.807, 2.05) is 6.92 Å². The number of rotatable bonds is 3. The van der Waals surface area contributed by atoms with Gasteiger partial charge in [-0.15, -0.1) is 0 Å². The van der Waals surface area contributed by atoms with Gasteiger partial charge in [0.25, 0.3) is 0 Å². The number of nitrogens with two attached hydrogens (primary N) is 1. The van der Waals surface area contributed by atoms with Crippen LogP contribution in [-0.2, 0) is 6.42 Å². The predicted molar refractivity (Wildman–Crippen MR) is 38.4 cm³/mol. The third-order valence-corrected chi connectivity index (χ3v) is 1.30. The molecule has 1 rings (SSSR count). The lowest BCUT2D eigenvalue weighted by Crippen LogP contribution is -2.15. The van der Waals surface area contributed by atoms with Gasteiger partial charge in [-0.2, -0.15) is 5.10 Å². The molecule has 0 aliphatic rings. The molecule has 4 heteroatoms. The van der Waals surface area contributed by atoms with E-state index < -0.39 is 0 Å². The highest BCUT2D eigenvalue weighted by atomic mass is 15.2. The van der Waals surface area contributed by atoms with Gasteiger partial charge < -0.3 is 5.73 Å². The Bertz CT molecular complexity index is 168. The Kier molecular flexibility index (Phi) is 2.39. The van der Waals surface area contributed by atoms with Crippen LogP contribution in [0.4, 0.5) is 0 Å². The van der Waals surface area contributed by atoms with Crippen LogP contribution in [-0.4, -0.2) is 21.2 Å². The molecule has 0 aromatic carbocycles. The highest BCUT2D eigenvalue weighted by molar-refractivity contribution is 4.80. The second-order valence-electron chi connectivity index (χ2n) is 2.45. The summed E-state index contributed by atoms with van der Waals surface area (Å²) in [6.45, 7) is 1.98. The van der Waals surface area contributed by atoms with Crippen LogP contribution in [0.25, 0.3) is 0 Å². The smallest absolute Gasteiger partial charge is 0.137 e. The summed E-state index contributed by atoms with van der Waals surface area (Å²) in [4.78, 5) is 3.97. The maximum atomic E-state index is 5.55. The van der Waals surface area contributed by atoms with Gasteiger partial charge in [-0.25, -0.2) is 4.98 Å². The zero-order chi connectivity index (χ0) is 7.40. The number of aromatic amines is 1. The average molecular weight is 140 g/mol. The number of hydrogen-bond donors (Lipinski definition) is 2. The fourth-order valence-electron chi connectivity index (χ4n) is 0.716. The number of hydrogen-bond acceptors (Lipinski definition) is 3. The van der Waals surface area contributed by atoms with Crippen LogP contribution in [0.3, 0.4) is 0 Å². The Hall–Kier alpha value is -0.900. The van der Waals surface area contributed by atoms with Crippen LogP contribution in [0.5, 0.6) is 0 Å². The first kappa shape index (κ1) is 7.21. The van der Waals surface area contributed by atoms with Crippen LogP contribution in [0.2, 0.25) is 0 Å². The lowest BCUT2D eigenvalue weighted by atomic mass is 10.2. The van der Waals surface area contributed by atoms with Crippen molar-refractivity contribution in [2.75, 3.05) is 0 Å². The van der Waals surface area contributed by atoms with Crippen LogP contribution in [0.1, 0.15) is 19.2 Å². The molecule has 0 saturated carbocycles. The van der Waals surface area contributed by atoms with Crippen LogP contribution < -0.4 is 5.73 Å². The van der Waals surface area contributed by atoms with Crippen molar-refractivity contribution < 1.29 is 0 Å². The molecule has 3 N–H and O–H groups in total. The fourth-order valence-corrected chi connectivity index (χ4v) is 0.716. The molecule has 0 fully saturated rings. The summed E-state index contributed by atoms with van der Waals surface area (Å²) in [5.74, 6) is 0.914. The molecule has 1 heterocycles. The molecule has 0 spiro atoms. The van der Waals surface area contributed by atoms with E-state index >= 15 is 0 Å². The van der Waals surface area contributed by atoms with Gasteiger partial charge in [0.15, 0.2) is 0 Å². The van der Waals surface area contributed by atoms with Crippen LogP contribution in [0.15, 0.2) is 6.33 Å². The van der Waals surface area contributed by atoms with E-state index in [-0.39, 0.29) is 6.04 Å². The molecule has 1 aromatic rings. The predicted octanol–water partition coefficient (Wildman–Crippen LogP) is 0.0845. The van der Waals surface area contributed by atoms with E-state index in [2.05, 4.69) is 15.2 Å². The molecule has 0 aliphatic carbocycles. The van der Waals surface area contributed by atoms with Crippen LogP contribution >= 0.6 is 0 Å². The second kappa shape index (κ2) is 3.31. The normalized spacial score (nSPS) is 13.4. The Morgan fingerprint density at radius 3 is 3.10 bits per heavy atom. The minimum atomic E-state index is 0.241. The quantitative estimate of drug-likeness (QED) is 0.625. The first-order chi connectivity index (χ1) is 4.79. The fraction of sp³-hybridized carbons (Fsp3) is 0.667. The van der Waals surface area contributed by atoms with Crippen molar-refractivity contribution in [3.05, 3.63) is 12.2 Å². The number of aromatic nitrogens is 3. The molecule has 0 aliphatic heterocycles. The van der Waals surface area contributed by atoms with Crippen molar-refractivity contribution in [3.63, 3.8) is 0 Å². The first-order valence-electron chi connectivity index (χ1n) is 3.39. The topological polar surface area (TPSA) is 67.6 Å². The molecule has 1 aromatic heterocycles. The Balaban J connectivity index is 2.28. The first-order valence-corrected chi connectivity index (χ1v) is 3.39. The monoisotopic (exact) mass is 140 g/mol. The molecule has 0 amide bonds. The Labute approximate surface area is 59.8 Å². The van der Waals surface area contributed by atoms with Gasteiger partial charge in [-0.05, 0) is 13.3 Å². The number of aryl methyl sites for hydroxylation is 1. The van der Waals surface area contributed by atoms with E-state index in [4.69, 9.17) is 5.73 Å². The molecule has 0 saturated heterocycles. The average Bonchev–Trinajstić information content (AvgIpc) is 2.34. The zero-order valence-electron chi connectivity index (χ0n) is 6.04. The van der Waals surface area contributed by atoms with E-state index in [0.717, 1.165) is 18.7 Å². The molecule has 0 unspecified atom stereocenters. The van der Waals surface area contributed by atoms with Crippen molar-refractivity contribution >= 4 is 0 Å². The van der Waals surface area contributed by atoms with Gasteiger partial charge in [0.05, 0.1) is 0 Å². The third kappa shape index (κ3) is 2.14. The van der Waals surface area contributed by atoms with Crippen molar-refractivity contribution in [1.82, 2.24) is 15.2 Å². The maximum Gasteiger partial charge on any atom is 0.137 e. The van der Waals surface area contributed by atoms with E-state index in [0.29, 0.717) is 0 Å². The summed E-state index contributed by atoms with van der Waals surface area (Å²) in [5, 5.41) is 6.50. The SMILES string of the molecule is C[C@@H](N)CCc1ncn[nH]1. The molecule has 10 heavy (non-hydrogen) atoms. The number of nitrogens with one attached hydrogen (secondary N) is 1. The summed E-state index contributed by atoms with van der Waals surface area (Å²) in [6, 6.07) is 0.241. The Morgan fingerprint density at radius 1 is 1.80 bits per heavy atom. The lowest BCUT2D eigenvalue weighted by Gasteiger charge is -2.00. The summed E-state index contributed by atoms with van der Waals surface area (Å²) in [6.07, 6.45) is 3.35. The van der Waals surface area contributed by atoms with Gasteiger partial charge in [0.1, 0.15) is 12.2 Å². The number of H-pyrrole nitrogens is 1. The highest BCUT2D eigenvalue weighted by Gasteiger charge is 1.97. The molecular weight excluding hydrogens is 128 g/mol. The van der Waals surface area contributed by atoms with Crippen molar-refractivity contribution in [2.45, 2.75) is 25.8 Å². The van der Waals surface area contributed by atoms with E-state index in [9.17, 15) is 0 Å². The largest absolute Gasteiger partial charge is 0.328 e. The van der Waals surface area contributed by atoms with E-state index in [1.54, 1.807) is 0 Å². The van der Waals surface area contributed by atoms with E-state index in [1.165, 1.54) is 6.33 Å². The standard InChI is InChI=1S/C6H12N4/c1-5(7)2-3-6-8-4-9-10-6/h4-5H,2-3,7H2,1H3,(H,8,9,10)/t5-/m1/s1. The molecule has 0 bridgehead atoms. The molecule has 1 atom stereocenters. The minimum Gasteiger partial charge on any atom is -0.328 e. The molecule has 56 valence electrons. The highest BCUT2D eigenvalue weighted by Crippen LogP contribution is 1.94. The lowest BCUT2D eigenvalue weighted by molar-refractivity contribution is 0.649. The van der Waals surface area contributed by atoms with Gasteiger partial charge in [0, 0.05) is 12.5 Å². The van der Waals surface area contributed by atoms with Crippen molar-refractivity contribution in [3.8, 4) is 0 Å². The minimum absolute atomic E-state index is 0.241. The maximum absolute atomic E-state index is 5.55. The zero-order valence-corrected chi connectivity index (χ0v) is 6.04. The molecular formula is C6H12N4. The molecule has 0 radical (unpaired) electrons. The van der Waals surface area contributed by atoms with Crippen molar-refractivity contribution in [2.24, 2.45) is 5.73 Å². The molecule has 4 nitrogen and oxygen atoms in total. The van der Waals surface area contributed by atoms with Gasteiger partial charge >= 0.3 is 0 Å². The van der Waals surface area contributed by atoms with Gasteiger partial charge in [0.2, 0.25) is 0 Å². The summed E-state index contributed by atoms with van der Waals surface area (Å²) >= 11 is 0. The summed E-state index contributed by atoms with van der Waals surface area (Å²) in [7, 11) is 0. The van der Waals surface area contributed by atoms with Crippen LogP contribution in [0, 0.1) is 0 Å². The summed E-state index contributed by atoms with van der Waals surface area (Å²) in [5.41, 5.74) is 5.55. The van der Waals surface area contributed by atoms with Crippen molar-refractivity contribution in [1.29, 1.82) is 0 Å². The third-order valence-electron chi connectivity index (χ3n) is 1.30. The number of nitrogens with zero attached hydrogens (tertiary/aromatic N) is 2. The van der Waals surface area contributed by atoms with Gasteiger partial charge in [-0.1, -0.05) is 0 Å². The van der Waals surface area contributed by atoms with Gasteiger partial charge in [-0.3, -0.25) is 5.10 Å². The second-order valence-corrected chi connectivity index (χ2v) is 2.45. The Morgan fingerprint density at radius 2 is 2.60 bits per heavy atom.